The minimum Gasteiger partial charge on any atom is -0.428 e. The summed E-state index contributed by atoms with van der Waals surface area (Å²) in [4.78, 5) is 12.0. The summed E-state index contributed by atoms with van der Waals surface area (Å²) in [6.07, 6.45) is -3.05. The first-order valence-corrected chi connectivity index (χ1v) is 9.00. The Morgan fingerprint density at radius 3 is 2.08 bits per heavy atom. The number of alkyl halides is 2. The minimum absolute atomic E-state index is 0.0989. The monoisotopic (exact) mass is 390 g/mol. The van der Waals surface area contributed by atoms with E-state index in [1.165, 1.54) is 27.7 Å². The maximum atomic E-state index is 13.3. The van der Waals surface area contributed by atoms with Gasteiger partial charge in [-0.1, -0.05) is 0 Å². The quantitative estimate of drug-likeness (QED) is 0.280. The number of carbonyl (C=O) groups is 1. The van der Waals surface area contributed by atoms with E-state index in [1.807, 2.05) is 0 Å². The summed E-state index contributed by atoms with van der Waals surface area (Å²) in [6, 6.07) is 0. The highest BCUT2D eigenvalue weighted by Gasteiger charge is 2.57. The van der Waals surface area contributed by atoms with Crippen LogP contribution in [0.5, 0.6) is 0 Å². The fourth-order valence-corrected chi connectivity index (χ4v) is 3.61. The van der Waals surface area contributed by atoms with Crippen LogP contribution in [0, 0.1) is 17.8 Å². The predicted molar refractivity (Wildman–Crippen MR) is 80.9 cm³/mol. The highest BCUT2D eigenvalue weighted by atomic mass is 32.2. The van der Waals surface area contributed by atoms with Crippen LogP contribution in [0.3, 0.4) is 0 Å². The van der Waals surface area contributed by atoms with Crippen molar-refractivity contribution in [3.63, 3.8) is 0 Å². The Morgan fingerprint density at radius 1 is 1.24 bits per heavy atom. The normalized spacial score (nSPS) is 26.7. The zero-order valence-electron chi connectivity index (χ0n) is 14.3. The van der Waals surface area contributed by atoms with Crippen LogP contribution in [0.25, 0.3) is 0 Å². The van der Waals surface area contributed by atoms with Crippen LogP contribution in [0.4, 0.5) is 8.78 Å². The van der Waals surface area contributed by atoms with Crippen molar-refractivity contribution in [2.45, 2.75) is 63.3 Å². The van der Waals surface area contributed by atoms with Crippen molar-refractivity contribution in [1.82, 2.24) is 0 Å². The van der Waals surface area contributed by atoms with E-state index >= 15 is 0 Å². The summed E-state index contributed by atoms with van der Waals surface area (Å²) in [5.41, 5.74) is -2.49. The van der Waals surface area contributed by atoms with E-state index in [9.17, 15) is 32.2 Å². The lowest BCUT2D eigenvalue weighted by molar-refractivity contribution is -0.222. The molecule has 0 saturated heterocycles. The molecule has 1 aliphatic carbocycles. The lowest BCUT2D eigenvalue weighted by atomic mass is 9.56. The van der Waals surface area contributed by atoms with Crippen LogP contribution >= 0.6 is 0 Å². The van der Waals surface area contributed by atoms with Gasteiger partial charge >= 0.3 is 21.3 Å². The standard InChI is InChI=1S/C14H24F2O8S/c1-12(2,19)6-7-5-8(9(7)13(3,4)20)10(17)24-11(18)14(15,16)25(21,22)23/h7-9,11,18-20H,5-6H2,1-4H3,(H,21,22,23). The van der Waals surface area contributed by atoms with Crippen LogP contribution in [0.1, 0.15) is 40.5 Å². The van der Waals surface area contributed by atoms with Gasteiger partial charge in [-0.3, -0.25) is 9.35 Å². The molecule has 4 atom stereocenters. The first-order valence-electron chi connectivity index (χ1n) is 7.56. The largest absolute Gasteiger partial charge is 0.430 e. The molecule has 11 heteroatoms. The third kappa shape index (κ3) is 5.07. The molecule has 1 aliphatic rings. The molecule has 0 aliphatic heterocycles. The van der Waals surface area contributed by atoms with Crippen LogP contribution in [-0.2, 0) is 19.6 Å². The van der Waals surface area contributed by atoms with Crippen molar-refractivity contribution in [1.29, 1.82) is 0 Å². The van der Waals surface area contributed by atoms with Gasteiger partial charge in [-0.25, -0.2) is 0 Å². The first-order chi connectivity index (χ1) is 10.9. The second-order valence-corrected chi connectivity index (χ2v) is 9.12. The van der Waals surface area contributed by atoms with Gasteiger partial charge in [0.15, 0.2) is 0 Å². The van der Waals surface area contributed by atoms with E-state index in [0.717, 1.165) is 0 Å². The Morgan fingerprint density at radius 2 is 1.72 bits per heavy atom. The van der Waals surface area contributed by atoms with Crippen LogP contribution < -0.4 is 0 Å². The second-order valence-electron chi connectivity index (χ2n) is 7.62. The van der Waals surface area contributed by atoms with Crippen molar-refractivity contribution in [3.05, 3.63) is 0 Å². The fraction of sp³-hybridized carbons (Fsp3) is 0.929. The average Bonchev–Trinajstić information content (AvgIpc) is 2.28. The summed E-state index contributed by atoms with van der Waals surface area (Å²) in [5, 5.41) is 24.2. The third-order valence-electron chi connectivity index (χ3n) is 4.24. The smallest absolute Gasteiger partial charge is 0.428 e. The highest BCUT2D eigenvalue weighted by Crippen LogP contribution is 2.50. The maximum absolute atomic E-state index is 13.3. The molecule has 1 saturated carbocycles. The fourth-order valence-electron chi connectivity index (χ4n) is 3.31. The number of halogens is 2. The molecular formula is C14H24F2O8S. The Kier molecular flexibility index (Phi) is 5.93. The molecule has 0 heterocycles. The molecule has 1 fully saturated rings. The van der Waals surface area contributed by atoms with E-state index in [4.69, 9.17) is 9.66 Å². The molecule has 1 rings (SSSR count). The van der Waals surface area contributed by atoms with Gasteiger partial charge in [-0.2, -0.15) is 17.2 Å². The van der Waals surface area contributed by atoms with Crippen molar-refractivity contribution in [3.8, 4) is 0 Å². The molecule has 4 unspecified atom stereocenters. The summed E-state index contributed by atoms with van der Waals surface area (Å²) >= 11 is 0. The average molecular weight is 390 g/mol. The summed E-state index contributed by atoms with van der Waals surface area (Å²) in [7, 11) is -5.98. The molecule has 0 amide bonds. The Bertz CT molecular complexity index is 605. The number of rotatable bonds is 7. The zero-order valence-corrected chi connectivity index (χ0v) is 15.1. The van der Waals surface area contributed by atoms with Crippen LogP contribution in [0.15, 0.2) is 0 Å². The molecule has 4 N–H and O–H groups in total. The number of hydrogen-bond acceptors (Lipinski definition) is 7. The van der Waals surface area contributed by atoms with Crippen molar-refractivity contribution >= 4 is 16.1 Å². The van der Waals surface area contributed by atoms with Gasteiger partial charge in [-0.15, -0.1) is 0 Å². The summed E-state index contributed by atoms with van der Waals surface area (Å²) < 4.78 is 60.1. The molecule has 0 radical (unpaired) electrons. The van der Waals surface area contributed by atoms with E-state index in [1.54, 1.807) is 0 Å². The van der Waals surface area contributed by atoms with E-state index < -0.39 is 50.7 Å². The maximum Gasteiger partial charge on any atom is 0.430 e. The molecule has 0 aromatic carbocycles. The van der Waals surface area contributed by atoms with Crippen molar-refractivity contribution in [2.75, 3.05) is 0 Å². The molecular weight excluding hydrogens is 366 g/mol. The lowest BCUT2D eigenvalue weighted by Gasteiger charge is -2.50. The minimum atomic E-state index is -5.98. The SMILES string of the molecule is CC(C)(O)CC1CC(C(=O)OC(O)C(F)(F)S(=O)(=O)O)C1C(C)(C)O. The molecule has 0 aromatic rings. The second kappa shape index (κ2) is 6.69. The predicted octanol–water partition coefficient (Wildman–Crippen LogP) is 0.513. The number of esters is 1. The number of hydrogen-bond donors (Lipinski definition) is 4. The number of carbonyl (C=O) groups excluding carboxylic acids is 1. The van der Waals surface area contributed by atoms with Gasteiger partial charge in [0.05, 0.1) is 17.1 Å². The molecule has 0 bridgehead atoms. The van der Waals surface area contributed by atoms with Gasteiger partial charge in [0, 0.05) is 5.92 Å². The molecule has 0 aromatic heterocycles. The van der Waals surface area contributed by atoms with Crippen molar-refractivity contribution < 1.29 is 46.6 Å². The van der Waals surface area contributed by atoms with E-state index in [2.05, 4.69) is 4.74 Å². The van der Waals surface area contributed by atoms with E-state index in [0.29, 0.717) is 0 Å². The lowest BCUT2D eigenvalue weighted by Crippen LogP contribution is -2.55. The number of aliphatic hydroxyl groups excluding tert-OH is 1. The van der Waals surface area contributed by atoms with Gasteiger partial charge in [0.2, 0.25) is 0 Å². The van der Waals surface area contributed by atoms with Gasteiger partial charge in [0.25, 0.3) is 6.29 Å². The summed E-state index contributed by atoms with van der Waals surface area (Å²) in [6.45, 7) is 5.88. The van der Waals surface area contributed by atoms with E-state index in [-0.39, 0.29) is 18.8 Å². The van der Waals surface area contributed by atoms with Crippen LogP contribution in [0.2, 0.25) is 0 Å². The molecule has 8 nitrogen and oxygen atoms in total. The number of aliphatic hydroxyl groups is 3. The Balaban J connectivity index is 2.88. The summed E-state index contributed by atoms with van der Waals surface area (Å²) in [5.74, 6) is -3.45. The van der Waals surface area contributed by atoms with Crippen molar-refractivity contribution in [2.24, 2.45) is 17.8 Å². The van der Waals surface area contributed by atoms with Gasteiger partial charge in [-0.05, 0) is 46.5 Å². The Hall–Kier alpha value is -0.880. The highest BCUT2D eigenvalue weighted by molar-refractivity contribution is 7.86. The van der Waals surface area contributed by atoms with Gasteiger partial charge in [0.1, 0.15) is 0 Å². The topological polar surface area (TPSA) is 141 Å². The third-order valence-corrected chi connectivity index (χ3v) is 5.13. The number of ether oxygens (including phenoxy) is 1. The molecule has 25 heavy (non-hydrogen) atoms. The zero-order chi connectivity index (χ0) is 20.0. The Labute approximate surface area is 144 Å². The molecule has 0 spiro atoms. The first kappa shape index (κ1) is 22.2. The molecule has 148 valence electrons. The van der Waals surface area contributed by atoms with Crippen LogP contribution in [-0.4, -0.2) is 57.0 Å². The van der Waals surface area contributed by atoms with Gasteiger partial charge < -0.3 is 20.1 Å².